The molecule has 0 saturated heterocycles. The van der Waals surface area contributed by atoms with Crippen LogP contribution in [0.4, 0.5) is 0 Å². The fourth-order valence-corrected chi connectivity index (χ4v) is 2.03. The third-order valence-corrected chi connectivity index (χ3v) is 3.08. The van der Waals surface area contributed by atoms with Crippen LogP contribution >= 0.6 is 0 Å². The molecule has 0 fully saturated rings. The highest BCUT2D eigenvalue weighted by atomic mass is 14.8. The first-order valence-electron chi connectivity index (χ1n) is 7.26. The maximum absolute atomic E-state index is 6.45. The van der Waals surface area contributed by atoms with Gasteiger partial charge in [-0.25, -0.2) is 0 Å². The van der Waals surface area contributed by atoms with Gasteiger partial charge >= 0.3 is 0 Å². The van der Waals surface area contributed by atoms with Gasteiger partial charge in [0.05, 0.1) is 0 Å². The molecule has 0 radical (unpaired) electrons. The Morgan fingerprint density at radius 2 is 1.50 bits per heavy atom. The minimum absolute atomic E-state index is 0.190. The van der Waals surface area contributed by atoms with Gasteiger partial charge in [-0.1, -0.05) is 26.0 Å². The molecule has 0 aromatic rings. The second kappa shape index (κ2) is 11.7. The van der Waals surface area contributed by atoms with E-state index in [1.807, 2.05) is 6.08 Å². The van der Waals surface area contributed by atoms with E-state index in [1.165, 1.54) is 0 Å². The van der Waals surface area contributed by atoms with Crippen LogP contribution in [0.25, 0.3) is 0 Å². The van der Waals surface area contributed by atoms with Crippen LogP contribution in [0.2, 0.25) is 0 Å². The van der Waals surface area contributed by atoms with Crippen molar-refractivity contribution in [3.63, 3.8) is 0 Å². The summed E-state index contributed by atoms with van der Waals surface area (Å²) in [6, 6.07) is 0. The maximum atomic E-state index is 6.45. The normalized spacial score (nSPS) is 12.4. The van der Waals surface area contributed by atoms with Crippen LogP contribution < -0.4 is 22.1 Å². The van der Waals surface area contributed by atoms with Crippen molar-refractivity contribution < 1.29 is 0 Å². The summed E-state index contributed by atoms with van der Waals surface area (Å²) in [6.45, 7) is 8.95. The predicted octanol–water partition coefficient (Wildman–Crippen LogP) is 0.978. The summed E-state index contributed by atoms with van der Waals surface area (Å²) in [5, 5.41) is 6.67. The fourth-order valence-electron chi connectivity index (χ4n) is 2.03. The van der Waals surface area contributed by atoms with Gasteiger partial charge in [0.25, 0.3) is 0 Å². The van der Waals surface area contributed by atoms with E-state index in [4.69, 9.17) is 11.5 Å². The highest BCUT2D eigenvalue weighted by molar-refractivity contribution is 5.05. The SMILES string of the molecule is CCNCCCC(N)(C=CCN)CCCNCC. The molecule has 0 amide bonds. The second-order valence-electron chi connectivity index (χ2n) is 4.79. The Bertz CT molecular complexity index is 192. The number of hydrogen-bond donors (Lipinski definition) is 4. The molecule has 0 unspecified atom stereocenters. The molecular formula is C14H32N4. The molecule has 0 aromatic carbocycles. The molecule has 0 heterocycles. The van der Waals surface area contributed by atoms with Crippen LogP contribution in [-0.2, 0) is 0 Å². The third-order valence-electron chi connectivity index (χ3n) is 3.08. The number of nitrogens with two attached hydrogens (primary N) is 2. The largest absolute Gasteiger partial charge is 0.327 e. The van der Waals surface area contributed by atoms with E-state index in [2.05, 4.69) is 30.6 Å². The van der Waals surface area contributed by atoms with Crippen molar-refractivity contribution in [1.29, 1.82) is 0 Å². The van der Waals surface area contributed by atoms with Gasteiger partial charge in [0, 0.05) is 12.1 Å². The summed E-state index contributed by atoms with van der Waals surface area (Å²) in [5.74, 6) is 0. The lowest BCUT2D eigenvalue weighted by atomic mass is 9.88. The quantitative estimate of drug-likeness (QED) is 0.310. The Hall–Kier alpha value is -0.420. The third kappa shape index (κ3) is 9.59. The second-order valence-corrected chi connectivity index (χ2v) is 4.79. The van der Waals surface area contributed by atoms with Crippen molar-refractivity contribution in [2.24, 2.45) is 11.5 Å². The highest BCUT2D eigenvalue weighted by Gasteiger charge is 2.20. The average Bonchev–Trinajstić information content (AvgIpc) is 2.38. The van der Waals surface area contributed by atoms with Gasteiger partial charge < -0.3 is 22.1 Å². The van der Waals surface area contributed by atoms with Crippen LogP contribution in [0.1, 0.15) is 39.5 Å². The monoisotopic (exact) mass is 256 g/mol. The van der Waals surface area contributed by atoms with E-state index in [9.17, 15) is 0 Å². The molecule has 0 rings (SSSR count). The average molecular weight is 256 g/mol. The van der Waals surface area contributed by atoms with Crippen LogP contribution in [0.15, 0.2) is 12.2 Å². The molecule has 6 N–H and O–H groups in total. The summed E-state index contributed by atoms with van der Waals surface area (Å²) < 4.78 is 0. The van der Waals surface area contributed by atoms with Gasteiger partial charge in [-0.05, 0) is 51.9 Å². The summed E-state index contributed by atoms with van der Waals surface area (Å²) in [6.07, 6.45) is 8.34. The first kappa shape index (κ1) is 17.6. The smallest absolute Gasteiger partial charge is 0.0340 e. The fraction of sp³-hybridized carbons (Fsp3) is 0.857. The van der Waals surface area contributed by atoms with E-state index < -0.39 is 0 Å². The molecule has 0 aliphatic carbocycles. The molecule has 0 saturated carbocycles. The number of nitrogens with one attached hydrogen (secondary N) is 2. The Morgan fingerprint density at radius 3 is 1.89 bits per heavy atom. The van der Waals surface area contributed by atoms with Crippen molar-refractivity contribution in [2.45, 2.75) is 45.1 Å². The lowest BCUT2D eigenvalue weighted by molar-refractivity contribution is 0.413. The van der Waals surface area contributed by atoms with E-state index >= 15 is 0 Å². The van der Waals surface area contributed by atoms with E-state index in [0.29, 0.717) is 6.54 Å². The Balaban J connectivity index is 4.03. The number of hydrogen-bond acceptors (Lipinski definition) is 4. The molecule has 4 heteroatoms. The predicted molar refractivity (Wildman–Crippen MR) is 80.7 cm³/mol. The van der Waals surface area contributed by atoms with E-state index in [-0.39, 0.29) is 5.54 Å². The topological polar surface area (TPSA) is 76.1 Å². The Morgan fingerprint density at radius 1 is 1.00 bits per heavy atom. The molecule has 0 spiro atoms. The van der Waals surface area contributed by atoms with Crippen LogP contribution in [0.5, 0.6) is 0 Å². The summed E-state index contributed by atoms with van der Waals surface area (Å²) in [7, 11) is 0. The summed E-state index contributed by atoms with van der Waals surface area (Å²) in [4.78, 5) is 0. The van der Waals surface area contributed by atoms with Gasteiger partial charge in [-0.3, -0.25) is 0 Å². The molecule has 18 heavy (non-hydrogen) atoms. The minimum Gasteiger partial charge on any atom is -0.327 e. The summed E-state index contributed by atoms with van der Waals surface area (Å²) in [5.41, 5.74) is 11.8. The first-order valence-corrected chi connectivity index (χ1v) is 7.26. The highest BCUT2D eigenvalue weighted by Crippen LogP contribution is 2.18. The molecule has 0 aromatic heterocycles. The van der Waals surface area contributed by atoms with Crippen molar-refractivity contribution in [1.82, 2.24) is 10.6 Å². The zero-order valence-electron chi connectivity index (χ0n) is 12.2. The van der Waals surface area contributed by atoms with Crippen molar-refractivity contribution in [3.05, 3.63) is 12.2 Å². The molecular weight excluding hydrogens is 224 g/mol. The Kier molecular flexibility index (Phi) is 11.4. The molecule has 0 bridgehead atoms. The first-order chi connectivity index (χ1) is 8.68. The molecule has 108 valence electrons. The summed E-state index contributed by atoms with van der Waals surface area (Å²) >= 11 is 0. The zero-order valence-corrected chi connectivity index (χ0v) is 12.2. The van der Waals surface area contributed by atoms with Crippen LogP contribution in [-0.4, -0.2) is 38.3 Å². The van der Waals surface area contributed by atoms with E-state index in [1.54, 1.807) is 0 Å². The molecule has 0 aliphatic heterocycles. The zero-order chi connectivity index (χ0) is 13.7. The van der Waals surface area contributed by atoms with Gasteiger partial charge in [-0.15, -0.1) is 0 Å². The minimum atomic E-state index is -0.190. The van der Waals surface area contributed by atoms with Gasteiger partial charge in [0.2, 0.25) is 0 Å². The molecule has 0 aliphatic rings. The maximum Gasteiger partial charge on any atom is 0.0340 e. The van der Waals surface area contributed by atoms with Crippen molar-refractivity contribution in [3.8, 4) is 0 Å². The molecule has 4 nitrogen and oxygen atoms in total. The Labute approximate surface area is 113 Å². The van der Waals surface area contributed by atoms with Gasteiger partial charge in [0.15, 0.2) is 0 Å². The molecule has 0 atom stereocenters. The van der Waals surface area contributed by atoms with Crippen molar-refractivity contribution in [2.75, 3.05) is 32.7 Å². The van der Waals surface area contributed by atoms with Gasteiger partial charge in [-0.2, -0.15) is 0 Å². The van der Waals surface area contributed by atoms with E-state index in [0.717, 1.165) is 51.9 Å². The number of rotatable bonds is 12. The lowest BCUT2D eigenvalue weighted by Gasteiger charge is -2.26. The van der Waals surface area contributed by atoms with Gasteiger partial charge in [0.1, 0.15) is 0 Å². The van der Waals surface area contributed by atoms with Crippen LogP contribution in [0.3, 0.4) is 0 Å². The van der Waals surface area contributed by atoms with Crippen LogP contribution in [0, 0.1) is 0 Å². The lowest BCUT2D eigenvalue weighted by Crippen LogP contribution is -2.39. The van der Waals surface area contributed by atoms with Crippen molar-refractivity contribution >= 4 is 0 Å². The standard InChI is InChI=1S/C14H32N4/c1-3-17-12-6-9-14(16,8-5-11-15)10-7-13-18-4-2/h5,8,17-18H,3-4,6-7,9-13,15-16H2,1-2H3.